The summed E-state index contributed by atoms with van der Waals surface area (Å²) in [6, 6.07) is 18.7. The smallest absolute Gasteiger partial charge is 0.250 e. The van der Waals surface area contributed by atoms with Gasteiger partial charge in [0.1, 0.15) is 23.1 Å². The van der Waals surface area contributed by atoms with E-state index in [1.807, 2.05) is 68.4 Å². The lowest BCUT2D eigenvalue weighted by Gasteiger charge is -2.42. The number of methoxy groups -OCH3 is 3. The first-order chi connectivity index (χ1) is 26.3. The van der Waals surface area contributed by atoms with Crippen molar-refractivity contribution in [2.45, 2.75) is 45.9 Å². The van der Waals surface area contributed by atoms with Crippen molar-refractivity contribution in [2.24, 2.45) is 0 Å². The normalized spacial score (nSPS) is 15.7. The maximum atomic E-state index is 14.8. The Bertz CT molecular complexity index is 2160. The number of aromatic nitrogens is 5. The molecular weight excluding hydrogens is 726 g/mol. The van der Waals surface area contributed by atoms with Gasteiger partial charge < -0.3 is 24.4 Å². The maximum absolute atomic E-state index is 14.8. The van der Waals surface area contributed by atoms with E-state index in [1.54, 1.807) is 20.4 Å². The number of nitrogens with zero attached hydrogens (tertiary/aromatic N) is 8. The van der Waals surface area contributed by atoms with E-state index in [-0.39, 0.29) is 18.0 Å². The van der Waals surface area contributed by atoms with E-state index in [4.69, 9.17) is 34.1 Å². The maximum Gasteiger partial charge on any atom is 0.250 e. The van der Waals surface area contributed by atoms with Crippen molar-refractivity contribution >= 4 is 27.5 Å². The van der Waals surface area contributed by atoms with Gasteiger partial charge in [-0.2, -0.15) is 14.3 Å². The van der Waals surface area contributed by atoms with Crippen LogP contribution in [0.25, 0.3) is 11.4 Å². The monoisotopic (exact) mass is 771 g/mol. The first-order valence-corrected chi connectivity index (χ1v) is 19.6. The van der Waals surface area contributed by atoms with Gasteiger partial charge in [0.2, 0.25) is 21.9 Å². The number of hydrogen-bond donors (Lipinski definition) is 1. The third-order valence-corrected chi connectivity index (χ3v) is 10.9. The zero-order valence-electron chi connectivity index (χ0n) is 32.0. The zero-order chi connectivity index (χ0) is 39.3. The van der Waals surface area contributed by atoms with E-state index in [9.17, 15) is 12.8 Å². The van der Waals surface area contributed by atoms with E-state index in [0.717, 1.165) is 28.2 Å². The molecule has 0 radical (unpaired) electrons. The van der Waals surface area contributed by atoms with Crippen LogP contribution in [0.15, 0.2) is 73.1 Å². The summed E-state index contributed by atoms with van der Waals surface area (Å²) in [5.74, 6) is 2.42. The van der Waals surface area contributed by atoms with Gasteiger partial charge in [0.05, 0.1) is 45.0 Å². The highest BCUT2D eigenvalue weighted by Crippen LogP contribution is 2.34. The van der Waals surface area contributed by atoms with Crippen LogP contribution in [-0.2, 0) is 23.1 Å². The summed E-state index contributed by atoms with van der Waals surface area (Å²) >= 11 is 0. The Balaban J connectivity index is 1.41. The van der Waals surface area contributed by atoms with Crippen molar-refractivity contribution in [1.82, 2.24) is 34.1 Å². The van der Waals surface area contributed by atoms with Gasteiger partial charge in [-0.15, -0.1) is 0 Å². The number of nitrogens with one attached hydrogen (secondary N) is 1. The number of anilines is 3. The number of hydrogen-bond acceptors (Lipinski definition) is 13. The van der Waals surface area contributed by atoms with Crippen LogP contribution in [0.1, 0.15) is 42.4 Å². The molecular formula is C39H46FN9O5S. The van der Waals surface area contributed by atoms with Crippen LogP contribution >= 0.6 is 0 Å². The molecule has 0 amide bonds. The minimum absolute atomic E-state index is 0.0523. The number of pyridine rings is 2. The highest BCUT2D eigenvalue weighted by molar-refractivity contribution is 7.88. The van der Waals surface area contributed by atoms with Crippen LogP contribution in [0.5, 0.6) is 17.4 Å². The second kappa shape index (κ2) is 16.9. The molecule has 1 N–H and O–H groups in total. The summed E-state index contributed by atoms with van der Waals surface area (Å²) < 4.78 is 56.7. The third kappa shape index (κ3) is 9.44. The Morgan fingerprint density at radius 3 is 2.07 bits per heavy atom. The molecule has 2 aromatic carbocycles. The van der Waals surface area contributed by atoms with Crippen LogP contribution in [-0.4, -0.2) is 95.8 Å². The summed E-state index contributed by atoms with van der Waals surface area (Å²) in [6.07, 6.45) is 4.46. The fraction of sp³-hybridized carbons (Fsp3) is 0.359. The number of piperazine rings is 1. The summed E-state index contributed by atoms with van der Waals surface area (Å²) in [4.78, 5) is 27.9. The molecule has 55 heavy (non-hydrogen) atoms. The number of aryl methyl sites for hydroxylation is 1. The first kappa shape index (κ1) is 39.2. The molecule has 3 aromatic heterocycles. The Hall–Kier alpha value is -5.45. The number of sulfonamides is 1. The van der Waals surface area contributed by atoms with Crippen molar-refractivity contribution in [3.8, 4) is 28.8 Å². The molecule has 5 aromatic rings. The minimum atomic E-state index is -3.31. The van der Waals surface area contributed by atoms with Crippen molar-refractivity contribution in [2.75, 3.05) is 57.4 Å². The van der Waals surface area contributed by atoms with Gasteiger partial charge in [0, 0.05) is 57.1 Å². The molecule has 1 aliphatic heterocycles. The van der Waals surface area contributed by atoms with Crippen LogP contribution in [0.2, 0.25) is 0 Å². The lowest BCUT2D eigenvalue weighted by atomic mass is 10.0. The average molecular weight is 772 g/mol. The number of benzene rings is 2. The van der Waals surface area contributed by atoms with Crippen molar-refractivity contribution in [1.29, 1.82) is 0 Å². The van der Waals surface area contributed by atoms with Crippen LogP contribution in [0.3, 0.4) is 0 Å². The van der Waals surface area contributed by atoms with Gasteiger partial charge in [-0.1, -0.05) is 24.3 Å². The molecule has 0 unspecified atom stereocenters. The number of ether oxygens (including phenoxy) is 3. The first-order valence-electron chi connectivity index (χ1n) is 17.8. The SMILES string of the molecule is COc1ccc(CN(Cc2ccc(OC)cc2)c2nc(C)nc(-c3cc([C@H](C)N4CCN(S(C)(=O)=O)C[C@H]4C)cnc3Nc3cnc(OC)c(F)c3)n2)cc1. The van der Waals surface area contributed by atoms with Crippen molar-refractivity contribution < 1.29 is 27.0 Å². The summed E-state index contributed by atoms with van der Waals surface area (Å²) in [6.45, 7) is 8.17. The Labute approximate surface area is 321 Å². The molecule has 1 saturated heterocycles. The Morgan fingerprint density at radius 1 is 0.891 bits per heavy atom. The molecule has 0 saturated carbocycles. The molecule has 1 aliphatic rings. The van der Waals surface area contributed by atoms with Gasteiger partial charge in [-0.25, -0.2) is 27.8 Å². The van der Waals surface area contributed by atoms with Crippen LogP contribution in [0, 0.1) is 12.7 Å². The second-order valence-electron chi connectivity index (χ2n) is 13.4. The summed E-state index contributed by atoms with van der Waals surface area (Å²) in [5, 5.41) is 3.22. The standard InChI is InChI=1S/C39H46FN9O5S/c1-25-22-48(55(7,50)51)16-17-49(25)26(2)30-18-34(36(41-20-30)45-31-19-35(40)38(54-6)42-21-31)37-43-27(3)44-39(46-37)47(23-28-8-12-32(52-4)13-9-28)24-29-10-14-33(53-5)15-11-29/h8-15,18-21,25-26H,16-17,22-24H2,1-7H3,(H,41,45)/t25-,26+/m1/s1. The third-order valence-electron chi connectivity index (χ3n) is 9.59. The Morgan fingerprint density at radius 2 is 1.53 bits per heavy atom. The predicted octanol–water partition coefficient (Wildman–Crippen LogP) is 5.78. The van der Waals surface area contributed by atoms with E-state index in [1.165, 1.54) is 29.9 Å². The molecule has 0 spiro atoms. The Kier molecular flexibility index (Phi) is 12.1. The van der Waals surface area contributed by atoms with Crippen molar-refractivity contribution in [3.05, 3.63) is 101 Å². The molecule has 0 bridgehead atoms. The number of halogens is 1. The minimum Gasteiger partial charge on any atom is -0.497 e. The quantitative estimate of drug-likeness (QED) is 0.146. The van der Waals surface area contributed by atoms with Gasteiger partial charge in [-0.3, -0.25) is 4.90 Å². The molecule has 2 atom stereocenters. The zero-order valence-corrected chi connectivity index (χ0v) is 32.8. The molecule has 6 rings (SSSR count). The molecule has 290 valence electrons. The molecule has 4 heterocycles. The topological polar surface area (TPSA) is 148 Å². The van der Waals surface area contributed by atoms with E-state index < -0.39 is 15.8 Å². The van der Waals surface area contributed by atoms with E-state index in [0.29, 0.717) is 67.4 Å². The number of rotatable bonds is 14. The summed E-state index contributed by atoms with van der Waals surface area (Å²) in [7, 11) is 1.31. The highest BCUT2D eigenvalue weighted by atomic mass is 32.2. The average Bonchev–Trinajstić information content (AvgIpc) is 3.17. The largest absolute Gasteiger partial charge is 0.497 e. The van der Waals surface area contributed by atoms with Crippen LogP contribution < -0.4 is 24.4 Å². The fourth-order valence-electron chi connectivity index (χ4n) is 6.60. The van der Waals surface area contributed by atoms with Gasteiger partial charge >= 0.3 is 0 Å². The molecule has 16 heteroatoms. The highest BCUT2D eigenvalue weighted by Gasteiger charge is 2.32. The predicted molar refractivity (Wildman–Crippen MR) is 209 cm³/mol. The van der Waals surface area contributed by atoms with E-state index >= 15 is 0 Å². The molecule has 14 nitrogen and oxygen atoms in total. The molecule has 0 aliphatic carbocycles. The fourth-order valence-corrected chi connectivity index (χ4v) is 7.50. The second-order valence-corrected chi connectivity index (χ2v) is 15.4. The lowest BCUT2D eigenvalue weighted by Crippen LogP contribution is -2.53. The summed E-state index contributed by atoms with van der Waals surface area (Å²) in [5.41, 5.74) is 3.82. The van der Waals surface area contributed by atoms with Gasteiger partial charge in [0.15, 0.2) is 11.6 Å². The van der Waals surface area contributed by atoms with Crippen molar-refractivity contribution in [3.63, 3.8) is 0 Å². The van der Waals surface area contributed by atoms with Gasteiger partial charge in [-0.05, 0) is 67.8 Å². The van der Waals surface area contributed by atoms with E-state index in [2.05, 4.69) is 27.0 Å². The molecule has 1 fully saturated rings. The van der Waals surface area contributed by atoms with Crippen LogP contribution in [0.4, 0.5) is 21.8 Å². The lowest BCUT2D eigenvalue weighted by molar-refractivity contribution is 0.0906. The van der Waals surface area contributed by atoms with Gasteiger partial charge in [0.25, 0.3) is 0 Å².